The highest BCUT2D eigenvalue weighted by Gasteiger charge is 2.28. The Balaban J connectivity index is 1.98. The molecule has 0 radical (unpaired) electrons. The van der Waals surface area contributed by atoms with Crippen LogP contribution in [0.1, 0.15) is 12.5 Å². The molecule has 0 aliphatic carbocycles. The molecular weight excluding hydrogens is 389 g/mol. The Labute approximate surface area is 166 Å². The maximum absolute atomic E-state index is 12.3. The number of nitrogens with zero attached hydrogens (tertiary/aromatic N) is 2. The molecule has 2 N–H and O–H groups in total. The van der Waals surface area contributed by atoms with Crippen LogP contribution < -0.4 is 24.8 Å². The number of aromatic nitrogens is 1. The van der Waals surface area contributed by atoms with Crippen molar-refractivity contribution in [2.75, 3.05) is 32.7 Å². The lowest BCUT2D eigenvalue weighted by Gasteiger charge is -2.15. The van der Waals surface area contributed by atoms with Crippen LogP contribution in [0.25, 0.3) is 0 Å². The van der Waals surface area contributed by atoms with Crippen molar-refractivity contribution in [2.24, 2.45) is 4.99 Å². The number of nitrogens with one attached hydrogen (secondary N) is 2. The first-order valence-electron chi connectivity index (χ1n) is 8.77. The van der Waals surface area contributed by atoms with Crippen molar-refractivity contribution in [1.82, 2.24) is 10.3 Å². The molecular formula is C19H23F3N4O3. The minimum atomic E-state index is -4.42. The Kier molecular flexibility index (Phi) is 7.93. The fourth-order valence-electron chi connectivity index (χ4n) is 2.32. The number of methoxy groups -OCH3 is 1. The summed E-state index contributed by atoms with van der Waals surface area (Å²) in [6.45, 7) is 1.29. The van der Waals surface area contributed by atoms with E-state index in [1.54, 1.807) is 32.4 Å². The first kappa shape index (κ1) is 22.1. The minimum Gasteiger partial charge on any atom is -0.493 e. The molecule has 1 aromatic carbocycles. The first-order valence-corrected chi connectivity index (χ1v) is 8.77. The maximum Gasteiger partial charge on any atom is 0.422 e. The van der Waals surface area contributed by atoms with Gasteiger partial charge in [0.05, 0.1) is 13.7 Å². The van der Waals surface area contributed by atoms with Crippen LogP contribution in [0, 0.1) is 0 Å². The van der Waals surface area contributed by atoms with E-state index < -0.39 is 12.8 Å². The van der Waals surface area contributed by atoms with Gasteiger partial charge in [0.1, 0.15) is 0 Å². The topological polar surface area (TPSA) is 77.0 Å². The average Bonchev–Trinajstić information content (AvgIpc) is 2.70. The zero-order valence-corrected chi connectivity index (χ0v) is 16.3. The van der Waals surface area contributed by atoms with Gasteiger partial charge < -0.3 is 24.8 Å². The van der Waals surface area contributed by atoms with Crippen LogP contribution in [0.2, 0.25) is 0 Å². The lowest BCUT2D eigenvalue weighted by atomic mass is 10.2. The third-order valence-corrected chi connectivity index (χ3v) is 3.59. The standard InChI is InChI=1S/C19H23F3N4O3/c1-4-28-16-10-14(5-6-15(16)27-3)26-18(23-2)25-11-13-7-8-24-17(9-13)29-12-19(20,21)22/h5-10H,4,11-12H2,1-3H3,(H2,23,25,26). The largest absolute Gasteiger partial charge is 0.493 e. The van der Waals surface area contributed by atoms with Gasteiger partial charge in [-0.1, -0.05) is 0 Å². The summed E-state index contributed by atoms with van der Waals surface area (Å²) in [6, 6.07) is 8.47. The maximum atomic E-state index is 12.3. The molecule has 0 unspecified atom stereocenters. The van der Waals surface area contributed by atoms with Gasteiger partial charge >= 0.3 is 6.18 Å². The Bertz CT molecular complexity index is 829. The van der Waals surface area contributed by atoms with Crippen molar-refractivity contribution in [1.29, 1.82) is 0 Å². The Morgan fingerprint density at radius 1 is 1.14 bits per heavy atom. The summed E-state index contributed by atoms with van der Waals surface area (Å²) >= 11 is 0. The zero-order chi connectivity index (χ0) is 21.3. The molecule has 2 aromatic rings. The second-order valence-electron chi connectivity index (χ2n) is 5.76. The van der Waals surface area contributed by atoms with E-state index in [4.69, 9.17) is 9.47 Å². The van der Waals surface area contributed by atoms with Gasteiger partial charge in [-0.3, -0.25) is 4.99 Å². The molecule has 1 aromatic heterocycles. The molecule has 10 heteroatoms. The number of ether oxygens (including phenoxy) is 3. The van der Waals surface area contributed by atoms with Gasteiger partial charge in [-0.25, -0.2) is 4.98 Å². The van der Waals surface area contributed by atoms with Gasteiger partial charge in [-0.05, 0) is 30.7 Å². The van der Waals surface area contributed by atoms with E-state index in [1.165, 1.54) is 12.3 Å². The van der Waals surface area contributed by atoms with E-state index >= 15 is 0 Å². The van der Waals surface area contributed by atoms with Gasteiger partial charge in [-0.15, -0.1) is 0 Å². The number of benzene rings is 1. The lowest BCUT2D eigenvalue weighted by molar-refractivity contribution is -0.154. The number of aliphatic imine (C=N–C) groups is 1. The van der Waals surface area contributed by atoms with Crippen LogP contribution in [0.5, 0.6) is 17.4 Å². The molecule has 1 heterocycles. The molecule has 0 bridgehead atoms. The third-order valence-electron chi connectivity index (χ3n) is 3.59. The molecule has 0 fully saturated rings. The number of guanidine groups is 1. The zero-order valence-electron chi connectivity index (χ0n) is 16.3. The third kappa shape index (κ3) is 7.40. The Morgan fingerprint density at radius 2 is 1.93 bits per heavy atom. The second-order valence-corrected chi connectivity index (χ2v) is 5.76. The van der Waals surface area contributed by atoms with Gasteiger partial charge in [0.15, 0.2) is 24.1 Å². The summed E-state index contributed by atoms with van der Waals surface area (Å²) in [5, 5.41) is 6.19. The SMILES string of the molecule is CCOc1cc(NC(=NC)NCc2ccnc(OCC(F)(F)F)c2)ccc1OC. The molecule has 29 heavy (non-hydrogen) atoms. The van der Waals surface area contributed by atoms with E-state index in [0.29, 0.717) is 36.2 Å². The monoisotopic (exact) mass is 412 g/mol. The first-order chi connectivity index (χ1) is 13.8. The summed E-state index contributed by atoms with van der Waals surface area (Å²) in [6.07, 6.45) is -3.03. The normalized spacial score (nSPS) is 11.7. The van der Waals surface area contributed by atoms with Crippen LogP contribution in [0.3, 0.4) is 0 Å². The molecule has 0 amide bonds. The van der Waals surface area contributed by atoms with Crippen molar-refractivity contribution in [3.8, 4) is 17.4 Å². The fraction of sp³-hybridized carbons (Fsp3) is 0.368. The Morgan fingerprint density at radius 3 is 2.59 bits per heavy atom. The van der Waals surface area contributed by atoms with Gasteiger partial charge in [-0.2, -0.15) is 13.2 Å². The van der Waals surface area contributed by atoms with Crippen molar-refractivity contribution < 1.29 is 27.4 Å². The molecule has 0 saturated carbocycles. The quantitative estimate of drug-likeness (QED) is 0.510. The van der Waals surface area contributed by atoms with Crippen LogP contribution in [-0.2, 0) is 6.54 Å². The molecule has 0 aliphatic rings. The number of halogens is 3. The van der Waals surface area contributed by atoms with Crippen LogP contribution in [0.4, 0.5) is 18.9 Å². The fourth-order valence-corrected chi connectivity index (χ4v) is 2.32. The predicted molar refractivity (Wildman–Crippen MR) is 104 cm³/mol. The molecule has 0 spiro atoms. The number of anilines is 1. The van der Waals surface area contributed by atoms with Crippen molar-refractivity contribution in [3.05, 3.63) is 42.1 Å². The summed E-state index contributed by atoms with van der Waals surface area (Å²) in [4.78, 5) is 7.91. The number of rotatable bonds is 8. The van der Waals surface area contributed by atoms with E-state index in [1.807, 2.05) is 13.0 Å². The molecule has 0 atom stereocenters. The molecule has 7 nitrogen and oxygen atoms in total. The number of pyridine rings is 1. The lowest BCUT2D eigenvalue weighted by Crippen LogP contribution is -2.30. The number of hydrogen-bond donors (Lipinski definition) is 2. The molecule has 158 valence electrons. The van der Waals surface area contributed by atoms with Crippen LogP contribution in [0.15, 0.2) is 41.5 Å². The molecule has 2 rings (SSSR count). The smallest absolute Gasteiger partial charge is 0.422 e. The Hall–Kier alpha value is -3.17. The second kappa shape index (κ2) is 10.4. The van der Waals surface area contributed by atoms with Gasteiger partial charge in [0.25, 0.3) is 0 Å². The average molecular weight is 412 g/mol. The highest BCUT2D eigenvalue weighted by Crippen LogP contribution is 2.30. The number of alkyl halides is 3. The highest BCUT2D eigenvalue weighted by atomic mass is 19.4. The molecule has 0 saturated heterocycles. The summed E-state index contributed by atoms with van der Waals surface area (Å²) in [7, 11) is 3.17. The van der Waals surface area contributed by atoms with E-state index in [-0.39, 0.29) is 5.88 Å². The van der Waals surface area contributed by atoms with Crippen molar-refractivity contribution in [3.63, 3.8) is 0 Å². The van der Waals surface area contributed by atoms with E-state index in [2.05, 4.69) is 25.3 Å². The van der Waals surface area contributed by atoms with E-state index in [9.17, 15) is 13.2 Å². The minimum absolute atomic E-state index is 0.0962. The predicted octanol–water partition coefficient (Wildman–Crippen LogP) is 3.62. The molecule has 0 aliphatic heterocycles. The van der Waals surface area contributed by atoms with E-state index in [0.717, 1.165) is 5.69 Å². The number of hydrogen-bond acceptors (Lipinski definition) is 5. The van der Waals surface area contributed by atoms with Crippen LogP contribution in [-0.4, -0.2) is 44.5 Å². The highest BCUT2D eigenvalue weighted by molar-refractivity contribution is 5.93. The van der Waals surface area contributed by atoms with Crippen molar-refractivity contribution >= 4 is 11.6 Å². The summed E-state index contributed by atoms with van der Waals surface area (Å²) in [5.74, 6) is 1.58. The summed E-state index contributed by atoms with van der Waals surface area (Å²) in [5.41, 5.74) is 1.41. The van der Waals surface area contributed by atoms with Crippen LogP contribution >= 0.6 is 0 Å². The van der Waals surface area contributed by atoms with Gasteiger partial charge in [0.2, 0.25) is 5.88 Å². The van der Waals surface area contributed by atoms with Gasteiger partial charge in [0, 0.05) is 37.6 Å². The van der Waals surface area contributed by atoms with Crippen molar-refractivity contribution in [2.45, 2.75) is 19.6 Å². The summed E-state index contributed by atoms with van der Waals surface area (Å²) < 4.78 is 52.3.